The molecule has 0 aliphatic heterocycles. The van der Waals surface area contributed by atoms with E-state index in [-0.39, 0.29) is 22.6 Å². The van der Waals surface area contributed by atoms with Crippen molar-refractivity contribution in [2.75, 3.05) is 0 Å². The monoisotopic (exact) mass is 275 g/mol. The van der Waals surface area contributed by atoms with Gasteiger partial charge in [0.2, 0.25) is 5.91 Å². The van der Waals surface area contributed by atoms with Crippen LogP contribution >= 0.6 is 0 Å². The van der Waals surface area contributed by atoms with Gasteiger partial charge in [-0.05, 0) is 43.9 Å². The molecule has 110 valence electrons. The summed E-state index contributed by atoms with van der Waals surface area (Å²) in [4.78, 5) is 11.7. The van der Waals surface area contributed by atoms with Crippen molar-refractivity contribution in [3.8, 4) is 5.75 Å². The zero-order valence-electron chi connectivity index (χ0n) is 13.2. The van der Waals surface area contributed by atoms with E-state index in [1.165, 1.54) is 6.08 Å². The zero-order chi connectivity index (χ0) is 15.6. The van der Waals surface area contributed by atoms with Gasteiger partial charge < -0.3 is 10.4 Å². The van der Waals surface area contributed by atoms with Crippen LogP contribution in [0.5, 0.6) is 5.75 Å². The van der Waals surface area contributed by atoms with Gasteiger partial charge in [0.05, 0.1) is 0 Å². The number of aromatic hydroxyl groups is 1. The van der Waals surface area contributed by atoms with Gasteiger partial charge in [-0.1, -0.05) is 32.9 Å². The van der Waals surface area contributed by atoms with Crippen molar-refractivity contribution in [1.29, 1.82) is 0 Å². The molecule has 1 aromatic rings. The Labute approximate surface area is 121 Å². The molecule has 0 aromatic heterocycles. The average molecular weight is 275 g/mol. The molecule has 0 heterocycles. The maximum absolute atomic E-state index is 11.7. The van der Waals surface area contributed by atoms with Gasteiger partial charge in [-0.2, -0.15) is 0 Å². The van der Waals surface area contributed by atoms with Crippen molar-refractivity contribution < 1.29 is 9.90 Å². The summed E-state index contributed by atoms with van der Waals surface area (Å²) in [6.45, 7) is 12.0. The van der Waals surface area contributed by atoms with Crippen molar-refractivity contribution >= 4 is 12.0 Å². The molecule has 0 fully saturated rings. The highest BCUT2D eigenvalue weighted by molar-refractivity contribution is 5.92. The Morgan fingerprint density at radius 1 is 1.15 bits per heavy atom. The van der Waals surface area contributed by atoms with E-state index in [9.17, 15) is 9.90 Å². The predicted octanol–water partition coefficient (Wildman–Crippen LogP) is 3.62. The van der Waals surface area contributed by atoms with E-state index < -0.39 is 0 Å². The molecule has 0 aliphatic carbocycles. The first kappa shape index (κ1) is 16.3. The molecular formula is C17H25NO2. The normalized spacial score (nSPS) is 12.7. The molecule has 0 atom stereocenters. The molecule has 3 nitrogen and oxygen atoms in total. The minimum atomic E-state index is -0.264. The highest BCUT2D eigenvalue weighted by Gasteiger charge is 2.15. The van der Waals surface area contributed by atoms with Crippen LogP contribution in [-0.4, -0.2) is 16.6 Å². The lowest BCUT2D eigenvalue weighted by Crippen LogP contribution is -2.39. The van der Waals surface area contributed by atoms with E-state index in [0.29, 0.717) is 5.56 Å². The largest absolute Gasteiger partial charge is 0.507 e. The maximum Gasteiger partial charge on any atom is 0.244 e. The van der Waals surface area contributed by atoms with E-state index in [4.69, 9.17) is 0 Å². The first-order valence-corrected chi connectivity index (χ1v) is 6.83. The smallest absolute Gasteiger partial charge is 0.244 e. The standard InChI is InChI=1S/C17H25NO2/c1-16(2,3)13-9-7-12(14(19)11-13)8-10-15(20)18-17(4,5)6/h7-11,19H,1-6H3,(H,18,20)/b10-8+. The van der Waals surface area contributed by atoms with Crippen LogP contribution in [0, 0.1) is 0 Å². The van der Waals surface area contributed by atoms with Crippen LogP contribution in [0.15, 0.2) is 24.3 Å². The number of carbonyl (C=O) groups is 1. The summed E-state index contributed by atoms with van der Waals surface area (Å²) in [5.41, 5.74) is 1.43. The molecule has 0 unspecified atom stereocenters. The molecule has 0 aliphatic rings. The third-order valence-corrected chi connectivity index (χ3v) is 2.81. The second-order valence-electron chi connectivity index (χ2n) is 7.10. The van der Waals surface area contributed by atoms with Crippen molar-refractivity contribution in [2.24, 2.45) is 0 Å². The van der Waals surface area contributed by atoms with Gasteiger partial charge in [0.15, 0.2) is 0 Å². The summed E-state index contributed by atoms with van der Waals surface area (Å²) >= 11 is 0. The Morgan fingerprint density at radius 2 is 1.75 bits per heavy atom. The Balaban J connectivity index is 2.87. The van der Waals surface area contributed by atoms with Gasteiger partial charge >= 0.3 is 0 Å². The third-order valence-electron chi connectivity index (χ3n) is 2.81. The summed E-state index contributed by atoms with van der Waals surface area (Å²) in [6.07, 6.45) is 3.07. The van der Waals surface area contributed by atoms with Crippen molar-refractivity contribution in [3.05, 3.63) is 35.4 Å². The molecule has 1 rings (SSSR count). The Morgan fingerprint density at radius 3 is 2.20 bits per heavy atom. The molecule has 0 saturated heterocycles. The minimum Gasteiger partial charge on any atom is -0.507 e. The van der Waals surface area contributed by atoms with Gasteiger partial charge in [-0.3, -0.25) is 4.79 Å². The summed E-state index contributed by atoms with van der Waals surface area (Å²) in [6, 6.07) is 5.55. The van der Waals surface area contributed by atoms with Gasteiger partial charge in [0.1, 0.15) is 5.75 Å². The van der Waals surface area contributed by atoms with E-state index >= 15 is 0 Å². The molecule has 0 saturated carbocycles. The number of hydrogen-bond donors (Lipinski definition) is 2. The van der Waals surface area contributed by atoms with Crippen LogP contribution in [0.3, 0.4) is 0 Å². The average Bonchev–Trinajstić information content (AvgIpc) is 2.23. The fourth-order valence-corrected chi connectivity index (χ4v) is 1.73. The lowest BCUT2D eigenvalue weighted by atomic mass is 9.86. The molecule has 20 heavy (non-hydrogen) atoms. The van der Waals surface area contributed by atoms with Crippen LogP contribution in [0.2, 0.25) is 0 Å². The molecule has 1 aromatic carbocycles. The third kappa shape index (κ3) is 5.08. The Hall–Kier alpha value is -1.77. The van der Waals surface area contributed by atoms with E-state index in [1.54, 1.807) is 12.1 Å². The highest BCUT2D eigenvalue weighted by atomic mass is 16.3. The van der Waals surface area contributed by atoms with E-state index in [2.05, 4.69) is 26.1 Å². The predicted molar refractivity (Wildman–Crippen MR) is 83.7 cm³/mol. The van der Waals surface area contributed by atoms with Crippen LogP contribution in [0.1, 0.15) is 52.7 Å². The fourth-order valence-electron chi connectivity index (χ4n) is 1.73. The molecule has 0 bridgehead atoms. The van der Waals surface area contributed by atoms with Crippen LogP contribution < -0.4 is 5.32 Å². The number of amides is 1. The first-order valence-electron chi connectivity index (χ1n) is 6.83. The molecule has 0 radical (unpaired) electrons. The molecular weight excluding hydrogens is 250 g/mol. The number of benzene rings is 1. The number of hydrogen-bond acceptors (Lipinski definition) is 2. The first-order chi connectivity index (χ1) is 8.99. The number of nitrogens with one attached hydrogen (secondary N) is 1. The van der Waals surface area contributed by atoms with E-state index in [0.717, 1.165) is 5.56 Å². The molecule has 0 spiro atoms. The lowest BCUT2D eigenvalue weighted by Gasteiger charge is -2.20. The summed E-state index contributed by atoms with van der Waals surface area (Å²) < 4.78 is 0. The van der Waals surface area contributed by atoms with Crippen molar-refractivity contribution in [1.82, 2.24) is 5.32 Å². The second kappa shape index (κ2) is 5.70. The Kier molecular flexibility index (Phi) is 4.64. The van der Waals surface area contributed by atoms with Crippen molar-refractivity contribution in [2.45, 2.75) is 52.5 Å². The van der Waals surface area contributed by atoms with E-state index in [1.807, 2.05) is 32.9 Å². The lowest BCUT2D eigenvalue weighted by molar-refractivity contribution is -0.117. The maximum atomic E-state index is 11.7. The summed E-state index contributed by atoms with van der Waals surface area (Å²) in [5, 5.41) is 12.9. The summed E-state index contributed by atoms with van der Waals surface area (Å²) in [5.74, 6) is 0.0223. The van der Waals surface area contributed by atoms with Crippen LogP contribution in [-0.2, 0) is 10.2 Å². The van der Waals surface area contributed by atoms with Crippen LogP contribution in [0.4, 0.5) is 0 Å². The number of phenolic OH excluding ortho intramolecular Hbond substituents is 1. The minimum absolute atomic E-state index is 0.0106. The van der Waals surface area contributed by atoms with Gasteiger partial charge in [0, 0.05) is 17.2 Å². The fraction of sp³-hybridized carbons (Fsp3) is 0.471. The summed E-state index contributed by atoms with van der Waals surface area (Å²) in [7, 11) is 0. The molecule has 3 heteroatoms. The van der Waals surface area contributed by atoms with Crippen LogP contribution in [0.25, 0.3) is 6.08 Å². The van der Waals surface area contributed by atoms with Gasteiger partial charge in [0.25, 0.3) is 0 Å². The number of rotatable bonds is 2. The topological polar surface area (TPSA) is 49.3 Å². The molecule has 2 N–H and O–H groups in total. The van der Waals surface area contributed by atoms with Gasteiger partial charge in [-0.25, -0.2) is 0 Å². The van der Waals surface area contributed by atoms with Crippen molar-refractivity contribution in [3.63, 3.8) is 0 Å². The highest BCUT2D eigenvalue weighted by Crippen LogP contribution is 2.28. The molecule has 1 amide bonds. The number of phenols is 1. The Bertz CT molecular complexity index is 517. The number of carbonyl (C=O) groups excluding carboxylic acids is 1. The SMILES string of the molecule is CC(C)(C)NC(=O)/C=C/c1ccc(C(C)(C)C)cc1O. The van der Waals surface area contributed by atoms with Gasteiger partial charge in [-0.15, -0.1) is 0 Å². The zero-order valence-corrected chi connectivity index (χ0v) is 13.2. The second-order valence-corrected chi connectivity index (χ2v) is 7.10. The quantitative estimate of drug-likeness (QED) is 0.810.